The molecule has 1 amide bonds. The van der Waals surface area contributed by atoms with Gasteiger partial charge in [0.15, 0.2) is 5.54 Å². The van der Waals surface area contributed by atoms with Crippen LogP contribution in [0.15, 0.2) is 48.2 Å². The van der Waals surface area contributed by atoms with Gasteiger partial charge >= 0.3 is 5.97 Å². The summed E-state index contributed by atoms with van der Waals surface area (Å²) in [7, 11) is 1.58. The van der Waals surface area contributed by atoms with E-state index in [1.54, 1.807) is 48.6 Å². The molecule has 190 valence electrons. The summed E-state index contributed by atoms with van der Waals surface area (Å²) in [5.41, 5.74) is -0.361. The molecule has 3 heterocycles. The molecule has 1 aliphatic carbocycles. The van der Waals surface area contributed by atoms with Crippen molar-refractivity contribution in [2.24, 2.45) is 0 Å². The number of carboxylic acid groups (broad SMARTS) is 1. The van der Waals surface area contributed by atoms with Gasteiger partial charge in [-0.15, -0.1) is 11.3 Å². The molecule has 0 bridgehead atoms. The molecule has 3 aromatic rings. The fourth-order valence-corrected chi connectivity index (χ4v) is 5.86. The highest BCUT2D eigenvalue weighted by Crippen LogP contribution is 2.48. The normalized spacial score (nSPS) is 22.7. The summed E-state index contributed by atoms with van der Waals surface area (Å²) in [6, 6.07) is 7.36. The summed E-state index contributed by atoms with van der Waals surface area (Å²) >= 11 is 1.43. The molecule has 2 atom stereocenters. The standard InChI is InChI=1S/C26H31N5O4S/c1-25(2,3)19-9-6-17(14-20(19)35-4)23(32)31-22(21-27-11-13-36-21)30(18-7-8-18)16-26(31,24(33)34)15-29-12-5-10-28-29/h5-6,9-14,18,22H,7-8,15-16H2,1-4H3,(H,33,34). The Morgan fingerprint density at radius 1 is 1.25 bits per heavy atom. The molecule has 0 spiro atoms. The summed E-state index contributed by atoms with van der Waals surface area (Å²) in [6.45, 7) is 6.47. The van der Waals surface area contributed by atoms with Gasteiger partial charge in [0, 0.05) is 42.1 Å². The van der Waals surface area contributed by atoms with E-state index in [1.807, 2.05) is 11.4 Å². The molecule has 1 aromatic carbocycles. The number of hydrogen-bond acceptors (Lipinski definition) is 7. The number of nitrogens with zero attached hydrogens (tertiary/aromatic N) is 5. The third-order valence-electron chi connectivity index (χ3n) is 7.01. The van der Waals surface area contributed by atoms with E-state index >= 15 is 0 Å². The Kier molecular flexibility index (Phi) is 6.12. The molecule has 1 saturated carbocycles. The Hall–Kier alpha value is -3.24. The van der Waals surface area contributed by atoms with Crippen molar-refractivity contribution in [2.45, 2.75) is 63.3 Å². The topological polar surface area (TPSA) is 101 Å². The lowest BCUT2D eigenvalue weighted by atomic mass is 9.85. The van der Waals surface area contributed by atoms with Crippen molar-refractivity contribution in [2.75, 3.05) is 13.7 Å². The first-order valence-corrected chi connectivity index (χ1v) is 12.9. The molecule has 2 aromatic heterocycles. The summed E-state index contributed by atoms with van der Waals surface area (Å²) < 4.78 is 7.25. The number of thiazole rings is 1. The van der Waals surface area contributed by atoms with Gasteiger partial charge in [0.25, 0.3) is 5.91 Å². The molecule has 36 heavy (non-hydrogen) atoms. The summed E-state index contributed by atoms with van der Waals surface area (Å²) in [6.07, 6.45) is 6.40. The van der Waals surface area contributed by atoms with Crippen LogP contribution in [-0.4, -0.2) is 66.8 Å². The van der Waals surface area contributed by atoms with E-state index in [0.717, 1.165) is 18.4 Å². The van der Waals surface area contributed by atoms with Crippen LogP contribution in [0.2, 0.25) is 0 Å². The van der Waals surface area contributed by atoms with E-state index in [0.29, 0.717) is 16.3 Å². The predicted octanol–water partition coefficient (Wildman–Crippen LogP) is 3.79. The smallest absolute Gasteiger partial charge is 0.333 e. The highest BCUT2D eigenvalue weighted by molar-refractivity contribution is 7.09. The van der Waals surface area contributed by atoms with E-state index in [4.69, 9.17) is 4.74 Å². The van der Waals surface area contributed by atoms with Crippen LogP contribution in [-0.2, 0) is 16.8 Å². The maximum atomic E-state index is 14.3. The fraction of sp³-hybridized carbons (Fsp3) is 0.462. The molecule has 0 radical (unpaired) electrons. The lowest BCUT2D eigenvalue weighted by Gasteiger charge is -2.36. The number of rotatable bonds is 7. The van der Waals surface area contributed by atoms with E-state index in [9.17, 15) is 14.7 Å². The highest BCUT2D eigenvalue weighted by atomic mass is 32.1. The van der Waals surface area contributed by atoms with Gasteiger partial charge in [-0.1, -0.05) is 26.8 Å². The Bertz CT molecular complexity index is 1250. The lowest BCUT2D eigenvalue weighted by Crippen LogP contribution is -2.58. The fourth-order valence-electron chi connectivity index (χ4n) is 5.11. The van der Waals surface area contributed by atoms with Crippen molar-refractivity contribution in [3.8, 4) is 5.75 Å². The molecule has 10 heteroatoms. The molecular formula is C26H31N5O4S. The molecule has 5 rings (SSSR count). The minimum absolute atomic E-state index is 0.0311. The first kappa shape index (κ1) is 24.5. The second-order valence-electron chi connectivity index (χ2n) is 10.5. The summed E-state index contributed by atoms with van der Waals surface area (Å²) in [4.78, 5) is 35.6. The Balaban J connectivity index is 1.66. The molecule has 1 aliphatic heterocycles. The zero-order valence-electron chi connectivity index (χ0n) is 20.9. The van der Waals surface area contributed by atoms with Crippen LogP contribution in [0, 0.1) is 0 Å². The predicted molar refractivity (Wildman–Crippen MR) is 135 cm³/mol. The molecule has 1 saturated heterocycles. The van der Waals surface area contributed by atoms with Crippen LogP contribution < -0.4 is 4.74 Å². The number of amides is 1. The molecule has 1 N–H and O–H groups in total. The van der Waals surface area contributed by atoms with Gasteiger partial charge in [-0.3, -0.25) is 19.3 Å². The third-order valence-corrected chi connectivity index (χ3v) is 7.82. The zero-order chi connectivity index (χ0) is 25.7. The van der Waals surface area contributed by atoms with Crippen LogP contribution in [0.4, 0.5) is 0 Å². The quantitative estimate of drug-likeness (QED) is 0.517. The number of carbonyl (C=O) groups is 2. The van der Waals surface area contributed by atoms with Crippen LogP contribution in [0.5, 0.6) is 5.75 Å². The van der Waals surface area contributed by atoms with Crippen LogP contribution >= 0.6 is 11.3 Å². The minimum Gasteiger partial charge on any atom is -0.496 e. The van der Waals surface area contributed by atoms with Gasteiger partial charge < -0.3 is 9.84 Å². The molecule has 2 fully saturated rings. The summed E-state index contributed by atoms with van der Waals surface area (Å²) in [5.74, 6) is -0.827. The van der Waals surface area contributed by atoms with Gasteiger partial charge in [-0.05, 0) is 42.0 Å². The SMILES string of the molecule is COc1cc(C(=O)N2C(c3nccs3)N(C3CC3)CC2(Cn2cccn2)C(=O)O)ccc1C(C)(C)C. The van der Waals surface area contributed by atoms with Crippen molar-refractivity contribution in [3.63, 3.8) is 0 Å². The van der Waals surface area contributed by atoms with Crippen molar-refractivity contribution in [1.82, 2.24) is 24.6 Å². The number of ether oxygens (including phenoxy) is 1. The number of aliphatic carboxylic acids is 1. The van der Waals surface area contributed by atoms with Crippen LogP contribution in [0.25, 0.3) is 0 Å². The maximum Gasteiger partial charge on any atom is 0.333 e. The largest absolute Gasteiger partial charge is 0.496 e. The molecule has 2 aliphatic rings. The number of hydrogen-bond donors (Lipinski definition) is 1. The van der Waals surface area contributed by atoms with Gasteiger partial charge in [0.2, 0.25) is 0 Å². The monoisotopic (exact) mass is 509 g/mol. The Labute approximate surface area is 214 Å². The average Bonchev–Trinajstić information content (AvgIpc) is 3.22. The van der Waals surface area contributed by atoms with E-state index in [2.05, 4.69) is 35.8 Å². The van der Waals surface area contributed by atoms with Gasteiger partial charge in [0.05, 0.1) is 13.7 Å². The van der Waals surface area contributed by atoms with E-state index in [-0.39, 0.29) is 30.5 Å². The number of benzene rings is 1. The first-order valence-electron chi connectivity index (χ1n) is 12.0. The molecule has 2 unspecified atom stereocenters. The number of aromatic nitrogens is 3. The van der Waals surface area contributed by atoms with Gasteiger partial charge in [-0.2, -0.15) is 5.10 Å². The van der Waals surface area contributed by atoms with Gasteiger partial charge in [-0.25, -0.2) is 9.78 Å². The van der Waals surface area contributed by atoms with Gasteiger partial charge in [0.1, 0.15) is 16.9 Å². The number of methoxy groups -OCH3 is 1. The van der Waals surface area contributed by atoms with Crippen molar-refractivity contribution in [3.05, 3.63) is 64.4 Å². The summed E-state index contributed by atoms with van der Waals surface area (Å²) in [5, 5.41) is 17.6. The first-order chi connectivity index (χ1) is 17.2. The van der Waals surface area contributed by atoms with Crippen LogP contribution in [0.3, 0.4) is 0 Å². The zero-order valence-corrected chi connectivity index (χ0v) is 21.7. The van der Waals surface area contributed by atoms with Crippen molar-refractivity contribution in [1.29, 1.82) is 0 Å². The van der Waals surface area contributed by atoms with Crippen LogP contribution in [0.1, 0.15) is 60.7 Å². The lowest BCUT2D eigenvalue weighted by molar-refractivity contribution is -0.149. The molecular weight excluding hydrogens is 478 g/mol. The Morgan fingerprint density at radius 2 is 2.03 bits per heavy atom. The second kappa shape index (κ2) is 9.01. The molecule has 9 nitrogen and oxygen atoms in total. The average molecular weight is 510 g/mol. The van der Waals surface area contributed by atoms with Crippen molar-refractivity contribution < 1.29 is 19.4 Å². The number of carboxylic acids is 1. The van der Waals surface area contributed by atoms with E-state index < -0.39 is 17.7 Å². The Morgan fingerprint density at radius 3 is 2.58 bits per heavy atom. The van der Waals surface area contributed by atoms with Crippen molar-refractivity contribution >= 4 is 23.2 Å². The maximum absolute atomic E-state index is 14.3. The third kappa shape index (κ3) is 4.18. The second-order valence-corrected chi connectivity index (χ2v) is 11.5. The highest BCUT2D eigenvalue weighted by Gasteiger charge is 2.61. The van der Waals surface area contributed by atoms with E-state index in [1.165, 1.54) is 16.2 Å². The number of carbonyl (C=O) groups excluding carboxylic acids is 1. The minimum atomic E-state index is -1.53.